The van der Waals surface area contributed by atoms with Crippen molar-refractivity contribution in [3.05, 3.63) is 0 Å². The van der Waals surface area contributed by atoms with Crippen molar-refractivity contribution in [2.24, 2.45) is 5.92 Å². The van der Waals surface area contributed by atoms with Gasteiger partial charge in [-0.1, -0.05) is 22.6 Å². The summed E-state index contributed by atoms with van der Waals surface area (Å²) in [6.07, 6.45) is 3.28. The average Bonchev–Trinajstić information content (AvgIpc) is 2.67. The van der Waals surface area contributed by atoms with Crippen LogP contribution in [0.4, 0.5) is 0 Å². The fourth-order valence-corrected chi connectivity index (χ4v) is 1.11. The molecule has 1 saturated carbocycles. The Labute approximate surface area is 74.9 Å². The lowest BCUT2D eigenvalue weighted by molar-refractivity contribution is -0.121. The van der Waals surface area contributed by atoms with Gasteiger partial charge in [0.25, 0.3) is 0 Å². The van der Waals surface area contributed by atoms with Gasteiger partial charge in [-0.05, 0) is 18.8 Å². The third-order valence-corrected chi connectivity index (χ3v) is 2.13. The highest BCUT2D eigenvalue weighted by atomic mass is 127. The van der Waals surface area contributed by atoms with E-state index in [1.54, 1.807) is 0 Å². The van der Waals surface area contributed by atoms with Gasteiger partial charge in [0, 0.05) is 17.4 Å². The van der Waals surface area contributed by atoms with E-state index in [1.807, 2.05) is 0 Å². The summed E-state index contributed by atoms with van der Waals surface area (Å²) >= 11 is 2.26. The molecule has 0 bridgehead atoms. The summed E-state index contributed by atoms with van der Waals surface area (Å²) in [6.45, 7) is 0.826. The first-order chi connectivity index (χ1) is 4.83. The summed E-state index contributed by atoms with van der Waals surface area (Å²) in [4.78, 5) is 10.9. The first-order valence-corrected chi connectivity index (χ1v) is 5.18. The van der Waals surface area contributed by atoms with E-state index in [2.05, 4.69) is 27.9 Å². The van der Waals surface area contributed by atoms with Crippen LogP contribution in [0.3, 0.4) is 0 Å². The highest BCUT2D eigenvalue weighted by molar-refractivity contribution is 14.1. The number of nitrogens with one attached hydrogen (secondary N) is 1. The maximum absolute atomic E-state index is 10.9. The van der Waals surface area contributed by atoms with Crippen LogP contribution in [0.1, 0.15) is 19.3 Å². The first-order valence-electron chi connectivity index (χ1n) is 3.65. The molecule has 10 heavy (non-hydrogen) atoms. The molecular formula is C7H12INO. The molecule has 1 N–H and O–H groups in total. The van der Waals surface area contributed by atoms with Gasteiger partial charge < -0.3 is 5.32 Å². The quantitative estimate of drug-likeness (QED) is 0.594. The fourth-order valence-electron chi connectivity index (χ4n) is 0.843. The van der Waals surface area contributed by atoms with Crippen LogP contribution in [0, 0.1) is 5.92 Å². The molecule has 2 nitrogen and oxygen atoms in total. The molecule has 1 rings (SSSR count). The van der Waals surface area contributed by atoms with Gasteiger partial charge in [-0.25, -0.2) is 0 Å². The van der Waals surface area contributed by atoms with Crippen LogP contribution in [0.2, 0.25) is 0 Å². The summed E-state index contributed by atoms with van der Waals surface area (Å²) in [5.41, 5.74) is 0. The van der Waals surface area contributed by atoms with E-state index in [1.165, 1.54) is 12.8 Å². The molecule has 0 aromatic carbocycles. The summed E-state index contributed by atoms with van der Waals surface area (Å²) < 4.78 is 1.01. The molecule has 0 radical (unpaired) electrons. The molecule has 1 amide bonds. The molecule has 0 aliphatic heterocycles. The monoisotopic (exact) mass is 253 g/mol. The topological polar surface area (TPSA) is 29.1 Å². The minimum absolute atomic E-state index is 0.235. The van der Waals surface area contributed by atoms with E-state index in [9.17, 15) is 4.79 Å². The van der Waals surface area contributed by atoms with E-state index >= 15 is 0 Å². The average molecular weight is 253 g/mol. The highest BCUT2D eigenvalue weighted by Crippen LogP contribution is 2.31. The molecule has 0 aromatic rings. The van der Waals surface area contributed by atoms with Crippen LogP contribution in [0.15, 0.2) is 0 Å². The molecule has 0 aromatic heterocycles. The van der Waals surface area contributed by atoms with Gasteiger partial charge in [0.2, 0.25) is 5.91 Å². The van der Waals surface area contributed by atoms with E-state index in [4.69, 9.17) is 0 Å². The Morgan fingerprint density at radius 1 is 1.60 bits per heavy atom. The number of rotatable bonds is 4. The standard InChI is InChI=1S/C7H12INO/c8-3-4-9-7(10)5-6-1-2-6/h6H,1-5H2,(H,9,10). The second-order valence-corrected chi connectivity index (χ2v) is 3.77. The summed E-state index contributed by atoms with van der Waals surface area (Å²) in [5, 5.41) is 2.86. The van der Waals surface area contributed by atoms with Gasteiger partial charge in [-0.3, -0.25) is 4.79 Å². The lowest BCUT2D eigenvalue weighted by Crippen LogP contribution is -2.25. The van der Waals surface area contributed by atoms with E-state index in [0.717, 1.165) is 17.4 Å². The predicted molar refractivity (Wildman–Crippen MR) is 49.2 cm³/mol. The molecule has 0 spiro atoms. The van der Waals surface area contributed by atoms with Crippen LogP contribution >= 0.6 is 22.6 Å². The molecule has 3 heteroatoms. The zero-order valence-electron chi connectivity index (χ0n) is 5.90. The molecule has 58 valence electrons. The Morgan fingerprint density at radius 2 is 2.30 bits per heavy atom. The molecule has 0 saturated heterocycles. The van der Waals surface area contributed by atoms with Crippen LogP contribution < -0.4 is 5.32 Å². The third-order valence-electron chi connectivity index (χ3n) is 1.59. The Hall–Kier alpha value is 0.200. The van der Waals surface area contributed by atoms with Gasteiger partial charge in [0.05, 0.1) is 0 Å². The molecule has 0 unspecified atom stereocenters. The maximum atomic E-state index is 10.9. The molecule has 1 aliphatic carbocycles. The zero-order chi connectivity index (χ0) is 7.40. The van der Waals surface area contributed by atoms with E-state index in [-0.39, 0.29) is 5.91 Å². The first kappa shape index (κ1) is 8.30. The number of halogens is 1. The number of carbonyl (C=O) groups excluding carboxylic acids is 1. The van der Waals surface area contributed by atoms with Gasteiger partial charge in [-0.2, -0.15) is 0 Å². The van der Waals surface area contributed by atoms with Crippen LogP contribution in [0.5, 0.6) is 0 Å². The van der Waals surface area contributed by atoms with Crippen molar-refractivity contribution in [2.45, 2.75) is 19.3 Å². The van der Waals surface area contributed by atoms with E-state index < -0.39 is 0 Å². The number of hydrogen-bond acceptors (Lipinski definition) is 1. The van der Waals surface area contributed by atoms with Crippen molar-refractivity contribution < 1.29 is 4.79 Å². The summed E-state index contributed by atoms with van der Waals surface area (Å²) in [7, 11) is 0. The minimum Gasteiger partial charge on any atom is -0.355 e. The molecule has 1 fully saturated rings. The van der Waals surface area contributed by atoms with Gasteiger partial charge in [-0.15, -0.1) is 0 Å². The van der Waals surface area contributed by atoms with Crippen LogP contribution in [-0.2, 0) is 4.79 Å². The number of carbonyl (C=O) groups is 1. The van der Waals surface area contributed by atoms with Crippen molar-refractivity contribution in [1.82, 2.24) is 5.32 Å². The molecule has 0 heterocycles. The highest BCUT2D eigenvalue weighted by Gasteiger charge is 2.23. The number of amides is 1. The lowest BCUT2D eigenvalue weighted by atomic mass is 10.3. The normalized spacial score (nSPS) is 16.9. The second kappa shape index (κ2) is 4.16. The molecule has 0 atom stereocenters. The summed E-state index contributed by atoms with van der Waals surface area (Å²) in [5.74, 6) is 0.952. The fraction of sp³-hybridized carbons (Fsp3) is 0.857. The van der Waals surface area contributed by atoms with Gasteiger partial charge >= 0.3 is 0 Å². The zero-order valence-corrected chi connectivity index (χ0v) is 8.06. The minimum atomic E-state index is 0.235. The van der Waals surface area contributed by atoms with Crippen molar-refractivity contribution in [3.63, 3.8) is 0 Å². The van der Waals surface area contributed by atoms with Crippen molar-refractivity contribution in [2.75, 3.05) is 11.0 Å². The Morgan fingerprint density at radius 3 is 2.80 bits per heavy atom. The predicted octanol–water partition coefficient (Wildman–Crippen LogP) is 1.34. The Bertz CT molecular complexity index is 123. The van der Waals surface area contributed by atoms with E-state index in [0.29, 0.717) is 5.92 Å². The van der Waals surface area contributed by atoms with Crippen molar-refractivity contribution in [1.29, 1.82) is 0 Å². The largest absolute Gasteiger partial charge is 0.355 e. The van der Waals surface area contributed by atoms with Crippen molar-refractivity contribution in [3.8, 4) is 0 Å². The summed E-state index contributed by atoms with van der Waals surface area (Å²) in [6, 6.07) is 0. The third kappa shape index (κ3) is 3.39. The number of alkyl halides is 1. The lowest BCUT2D eigenvalue weighted by Gasteiger charge is -1.99. The molecular weight excluding hydrogens is 241 g/mol. The Kier molecular flexibility index (Phi) is 3.45. The van der Waals surface area contributed by atoms with Gasteiger partial charge in [0.15, 0.2) is 0 Å². The van der Waals surface area contributed by atoms with Crippen LogP contribution in [0.25, 0.3) is 0 Å². The number of hydrogen-bond donors (Lipinski definition) is 1. The van der Waals surface area contributed by atoms with Crippen LogP contribution in [-0.4, -0.2) is 16.9 Å². The second-order valence-electron chi connectivity index (χ2n) is 2.69. The van der Waals surface area contributed by atoms with Gasteiger partial charge in [0.1, 0.15) is 0 Å². The smallest absolute Gasteiger partial charge is 0.220 e. The molecule has 1 aliphatic rings. The SMILES string of the molecule is O=C(CC1CC1)NCCI. The van der Waals surface area contributed by atoms with Crippen molar-refractivity contribution >= 4 is 28.5 Å². The Balaban J connectivity index is 1.97. The maximum Gasteiger partial charge on any atom is 0.220 e.